The zero-order chi connectivity index (χ0) is 28.2. The number of aromatic hydroxyl groups is 1. The van der Waals surface area contributed by atoms with E-state index < -0.39 is 46.1 Å². The van der Waals surface area contributed by atoms with Gasteiger partial charge in [-0.15, -0.1) is 0 Å². The fraction of sp³-hybridized carbons (Fsp3) is 0.192. The molecule has 0 aromatic heterocycles. The van der Waals surface area contributed by atoms with Crippen molar-refractivity contribution in [3.05, 3.63) is 97.0 Å². The predicted octanol–water partition coefficient (Wildman–Crippen LogP) is 4.78. The number of carboxylic acids is 1. The van der Waals surface area contributed by atoms with Crippen LogP contribution in [0.2, 0.25) is 15.1 Å². The first-order chi connectivity index (χ1) is 18.4. The average molecular weight is 591 g/mol. The van der Waals surface area contributed by atoms with Gasteiger partial charge in [0.2, 0.25) is 11.8 Å². The van der Waals surface area contributed by atoms with Crippen molar-refractivity contribution in [3.63, 3.8) is 0 Å². The number of fused-ring (bicyclic) bond motifs is 1. The Bertz CT molecular complexity index is 1550. The van der Waals surface area contributed by atoms with Gasteiger partial charge in [-0.3, -0.25) is 29.8 Å². The molecule has 2 saturated heterocycles. The summed E-state index contributed by atoms with van der Waals surface area (Å²) < 4.78 is 0. The first kappa shape index (κ1) is 26.9. The first-order valence-corrected chi connectivity index (χ1v) is 12.6. The molecule has 0 spiro atoms. The second kappa shape index (κ2) is 9.80. The van der Waals surface area contributed by atoms with Crippen LogP contribution in [-0.4, -0.2) is 38.5 Å². The number of benzene rings is 3. The minimum absolute atomic E-state index is 0.0252. The number of hydrogen-bond donors (Lipinski definition) is 3. The number of nitro groups is 1. The van der Waals surface area contributed by atoms with Crippen LogP contribution in [-0.2, 0) is 20.8 Å². The number of phenols is 1. The molecule has 0 radical (unpaired) electrons. The van der Waals surface area contributed by atoms with Crippen LogP contribution in [0.15, 0.2) is 60.7 Å². The van der Waals surface area contributed by atoms with Gasteiger partial charge in [0.05, 0.1) is 32.5 Å². The zero-order valence-electron chi connectivity index (χ0n) is 19.7. The van der Waals surface area contributed by atoms with E-state index in [-0.39, 0.29) is 44.2 Å². The lowest BCUT2D eigenvalue weighted by atomic mass is 9.76. The summed E-state index contributed by atoms with van der Waals surface area (Å²) >= 11 is 19.0. The van der Waals surface area contributed by atoms with Crippen LogP contribution in [0.5, 0.6) is 5.75 Å². The number of anilines is 1. The van der Waals surface area contributed by atoms with Crippen molar-refractivity contribution in [2.24, 2.45) is 11.8 Å². The molecule has 2 amide bonds. The van der Waals surface area contributed by atoms with E-state index in [9.17, 15) is 34.7 Å². The highest BCUT2D eigenvalue weighted by Gasteiger charge is 2.69. The molecule has 2 heterocycles. The molecule has 2 aliphatic rings. The Morgan fingerprint density at radius 1 is 1.05 bits per heavy atom. The van der Waals surface area contributed by atoms with Gasteiger partial charge in [0, 0.05) is 29.6 Å². The van der Waals surface area contributed by atoms with Crippen LogP contribution >= 0.6 is 34.8 Å². The first-order valence-electron chi connectivity index (χ1n) is 11.5. The highest BCUT2D eigenvalue weighted by molar-refractivity contribution is 6.43. The number of non-ortho nitro benzene ring substituents is 1. The third kappa shape index (κ3) is 4.39. The third-order valence-corrected chi connectivity index (χ3v) is 8.14. The molecule has 4 unspecified atom stereocenters. The Balaban J connectivity index is 1.70. The molecule has 2 aliphatic heterocycles. The van der Waals surface area contributed by atoms with Gasteiger partial charge in [-0.05, 0) is 41.5 Å². The van der Waals surface area contributed by atoms with E-state index in [2.05, 4.69) is 5.32 Å². The van der Waals surface area contributed by atoms with Crippen LogP contribution in [0.4, 0.5) is 11.4 Å². The number of halogens is 3. The molecule has 10 nitrogen and oxygen atoms in total. The predicted molar refractivity (Wildman–Crippen MR) is 142 cm³/mol. The van der Waals surface area contributed by atoms with Crippen molar-refractivity contribution in [2.75, 3.05) is 4.90 Å². The molecule has 0 saturated carbocycles. The van der Waals surface area contributed by atoms with Gasteiger partial charge in [-0.25, -0.2) is 4.90 Å². The summed E-state index contributed by atoms with van der Waals surface area (Å²) in [6.07, 6.45) is -0.242. The number of phenolic OH excluding ortho intramolecular Hbond substituents is 1. The van der Waals surface area contributed by atoms with Crippen molar-refractivity contribution in [1.29, 1.82) is 0 Å². The number of carbonyl (C=O) groups is 3. The lowest BCUT2D eigenvalue weighted by Gasteiger charge is -2.31. The van der Waals surface area contributed by atoms with Gasteiger partial charge in [-0.2, -0.15) is 0 Å². The summed E-state index contributed by atoms with van der Waals surface area (Å²) in [7, 11) is 0. The van der Waals surface area contributed by atoms with Crippen LogP contribution < -0.4 is 10.2 Å². The van der Waals surface area contributed by atoms with Crippen molar-refractivity contribution in [3.8, 4) is 5.75 Å². The summed E-state index contributed by atoms with van der Waals surface area (Å²) in [5, 5.41) is 34.9. The molecule has 0 bridgehead atoms. The van der Waals surface area contributed by atoms with E-state index >= 15 is 0 Å². The minimum atomic E-state index is -2.01. The van der Waals surface area contributed by atoms with E-state index in [4.69, 9.17) is 34.8 Å². The fourth-order valence-electron chi connectivity index (χ4n) is 5.44. The molecule has 39 heavy (non-hydrogen) atoms. The number of rotatable bonds is 6. The van der Waals surface area contributed by atoms with E-state index in [1.54, 1.807) is 0 Å². The van der Waals surface area contributed by atoms with E-state index in [1.807, 2.05) is 0 Å². The number of nitrogens with zero attached hydrogens (tertiary/aromatic N) is 2. The quantitative estimate of drug-likeness (QED) is 0.161. The Labute approximate surface area is 235 Å². The number of nitro benzene ring substituents is 1. The lowest BCUT2D eigenvalue weighted by molar-refractivity contribution is -0.384. The van der Waals surface area contributed by atoms with Crippen molar-refractivity contribution < 1.29 is 29.5 Å². The SMILES string of the molecule is O=C1C2C(c3cc(Cl)cc(Cl)c3Cl)NC(Cc3ccc(O)cc3)(C(=O)O)C2C(=O)N1c1cccc([N+](=O)[O-])c1. The summed E-state index contributed by atoms with van der Waals surface area (Å²) in [4.78, 5) is 52.3. The van der Waals surface area contributed by atoms with Crippen molar-refractivity contribution >= 4 is 64.0 Å². The number of imide groups is 1. The second-order valence-corrected chi connectivity index (χ2v) is 10.5. The van der Waals surface area contributed by atoms with Crippen molar-refractivity contribution in [1.82, 2.24) is 5.32 Å². The van der Waals surface area contributed by atoms with Gasteiger partial charge in [-0.1, -0.05) is 53.0 Å². The molecule has 3 aromatic carbocycles. The summed E-state index contributed by atoms with van der Waals surface area (Å²) in [5.74, 6) is -5.75. The molecule has 2 fully saturated rings. The number of nitrogens with one attached hydrogen (secondary N) is 1. The molecular formula is C26H18Cl3N3O7. The van der Waals surface area contributed by atoms with Crippen molar-refractivity contribution in [2.45, 2.75) is 18.0 Å². The van der Waals surface area contributed by atoms with E-state index in [0.717, 1.165) is 11.0 Å². The van der Waals surface area contributed by atoms with Gasteiger partial charge in [0.1, 0.15) is 11.3 Å². The molecule has 3 aromatic rings. The average Bonchev–Trinajstić information content (AvgIpc) is 3.36. The molecule has 0 aliphatic carbocycles. The van der Waals surface area contributed by atoms with Gasteiger partial charge < -0.3 is 10.2 Å². The summed E-state index contributed by atoms with van der Waals surface area (Å²) in [6, 6.07) is 12.5. The van der Waals surface area contributed by atoms with Crippen LogP contribution in [0.3, 0.4) is 0 Å². The van der Waals surface area contributed by atoms with Gasteiger partial charge in [0.15, 0.2) is 0 Å². The van der Waals surface area contributed by atoms with E-state index in [1.165, 1.54) is 54.6 Å². The van der Waals surface area contributed by atoms with E-state index in [0.29, 0.717) is 5.56 Å². The lowest BCUT2D eigenvalue weighted by Crippen LogP contribution is -2.57. The Kier molecular flexibility index (Phi) is 6.76. The Morgan fingerprint density at radius 2 is 1.74 bits per heavy atom. The fourth-order valence-corrected chi connectivity index (χ4v) is 6.18. The summed E-state index contributed by atoms with van der Waals surface area (Å²) in [5.41, 5.74) is -1.73. The molecule has 200 valence electrons. The number of carboxylic acid groups (broad SMARTS) is 1. The molecule has 3 N–H and O–H groups in total. The number of carbonyl (C=O) groups excluding carboxylic acids is 2. The largest absolute Gasteiger partial charge is 0.508 e. The number of aliphatic carboxylic acids is 1. The zero-order valence-corrected chi connectivity index (χ0v) is 21.9. The molecule has 4 atom stereocenters. The van der Waals surface area contributed by atoms with Gasteiger partial charge >= 0.3 is 5.97 Å². The molecular weight excluding hydrogens is 573 g/mol. The normalized spacial score (nSPS) is 24.2. The second-order valence-electron chi connectivity index (χ2n) is 9.32. The third-order valence-electron chi connectivity index (χ3n) is 7.11. The maximum Gasteiger partial charge on any atom is 0.325 e. The number of amides is 2. The van der Waals surface area contributed by atoms with Crippen LogP contribution in [0.25, 0.3) is 0 Å². The molecule has 5 rings (SSSR count). The van der Waals surface area contributed by atoms with Crippen LogP contribution in [0.1, 0.15) is 17.2 Å². The number of hydrogen-bond acceptors (Lipinski definition) is 7. The summed E-state index contributed by atoms with van der Waals surface area (Å²) in [6.45, 7) is 0. The van der Waals surface area contributed by atoms with Crippen LogP contribution in [0, 0.1) is 22.0 Å². The smallest absolute Gasteiger partial charge is 0.325 e. The molecule has 13 heteroatoms. The van der Waals surface area contributed by atoms with Gasteiger partial charge in [0.25, 0.3) is 5.69 Å². The highest BCUT2D eigenvalue weighted by Crippen LogP contribution is 2.53. The Morgan fingerprint density at radius 3 is 2.38 bits per heavy atom. The highest BCUT2D eigenvalue weighted by atomic mass is 35.5. The standard InChI is InChI=1S/C26H18Cl3N3O7/c27-13-8-17(21(29)18(28)9-13)22-19-20(26(30-22,25(36)37)11-12-4-6-16(33)7-5-12)24(35)31(23(19)34)14-2-1-3-15(10-14)32(38)39/h1-10,19-20,22,30,33H,11H2,(H,36,37). The monoisotopic (exact) mass is 589 g/mol. The maximum absolute atomic E-state index is 13.9. The minimum Gasteiger partial charge on any atom is -0.508 e. The topological polar surface area (TPSA) is 150 Å². The Hall–Kier alpha value is -3.70. The maximum atomic E-state index is 13.9.